The molecule has 11 nitrogen and oxygen atoms in total. The van der Waals surface area contributed by atoms with Crippen molar-refractivity contribution in [1.82, 2.24) is 20.0 Å². The SMILES string of the molecule is Cc1cc(N2C[C@H](S(=O)(=O)c3ccc(N4CCN(C(C)(C)C)CC4)cc3Cl)C[C@@H]2OC(=O)NC2(C#N)CC2)n(CCc2ccccc2)n1. The predicted molar refractivity (Wildman–Crippen MR) is 186 cm³/mol. The molecule has 3 fully saturated rings. The molecule has 2 atom stereocenters. The normalized spacial score (nSPS) is 21.2. The van der Waals surface area contributed by atoms with E-state index in [1.54, 1.807) is 17.0 Å². The maximum Gasteiger partial charge on any atom is 0.410 e. The van der Waals surface area contributed by atoms with Gasteiger partial charge in [-0.3, -0.25) is 4.90 Å². The highest BCUT2D eigenvalue weighted by atomic mass is 35.5. The number of aryl methyl sites for hydroxylation is 3. The molecule has 0 unspecified atom stereocenters. The van der Waals surface area contributed by atoms with Crippen LogP contribution in [0, 0.1) is 18.3 Å². The summed E-state index contributed by atoms with van der Waals surface area (Å²) in [5.74, 6) is 0.663. The lowest BCUT2D eigenvalue weighted by atomic mass is 10.0. The van der Waals surface area contributed by atoms with E-state index in [0.29, 0.717) is 31.6 Å². The zero-order valence-corrected chi connectivity index (χ0v) is 29.6. The molecule has 1 aliphatic carbocycles. The Bertz CT molecular complexity index is 1790. The number of sulfone groups is 1. The Morgan fingerprint density at radius 3 is 2.44 bits per heavy atom. The number of ether oxygens (including phenoxy) is 1. The zero-order valence-electron chi connectivity index (χ0n) is 28.0. The molecule has 1 saturated carbocycles. The lowest BCUT2D eigenvalue weighted by Crippen LogP contribution is -2.53. The van der Waals surface area contributed by atoms with E-state index in [9.17, 15) is 18.5 Å². The van der Waals surface area contributed by atoms with Crippen molar-refractivity contribution >= 4 is 39.0 Å². The van der Waals surface area contributed by atoms with E-state index < -0.39 is 32.9 Å². The molecule has 1 amide bonds. The number of nitrogens with one attached hydrogen (secondary N) is 1. The van der Waals surface area contributed by atoms with E-state index in [0.717, 1.165) is 43.1 Å². The molecule has 0 radical (unpaired) electrons. The van der Waals surface area contributed by atoms with E-state index in [2.05, 4.69) is 54.1 Å². The summed E-state index contributed by atoms with van der Waals surface area (Å²) in [6.07, 6.45) is 0.206. The average Bonchev–Trinajstić information content (AvgIpc) is 3.53. The Labute approximate surface area is 288 Å². The molecular weight excluding hydrogens is 650 g/mol. The number of nitriles is 1. The molecule has 2 aliphatic heterocycles. The fourth-order valence-electron chi connectivity index (χ4n) is 6.62. The molecule has 6 rings (SSSR count). The highest BCUT2D eigenvalue weighted by Crippen LogP contribution is 2.38. The smallest absolute Gasteiger partial charge is 0.410 e. The summed E-state index contributed by atoms with van der Waals surface area (Å²) >= 11 is 6.74. The minimum Gasteiger partial charge on any atom is -0.425 e. The first-order valence-corrected chi connectivity index (χ1v) is 18.5. The van der Waals surface area contributed by atoms with Crippen molar-refractivity contribution in [2.24, 2.45) is 0 Å². The Kier molecular flexibility index (Phi) is 9.41. The Hall–Kier alpha value is -3.79. The second-order valence-electron chi connectivity index (χ2n) is 14.1. The first-order valence-electron chi connectivity index (χ1n) is 16.6. The summed E-state index contributed by atoms with van der Waals surface area (Å²) in [5.41, 5.74) is 1.96. The quantitative estimate of drug-likeness (QED) is 0.323. The number of nitrogens with zero attached hydrogens (tertiary/aromatic N) is 6. The van der Waals surface area contributed by atoms with E-state index in [1.165, 1.54) is 0 Å². The predicted octanol–water partition coefficient (Wildman–Crippen LogP) is 5.17. The summed E-state index contributed by atoms with van der Waals surface area (Å²) < 4.78 is 36.2. The number of hydrogen-bond donors (Lipinski definition) is 1. The molecule has 0 bridgehead atoms. The van der Waals surface area contributed by atoms with E-state index >= 15 is 0 Å². The van der Waals surface area contributed by atoms with E-state index in [-0.39, 0.29) is 28.4 Å². The molecule has 1 N–H and O–H groups in total. The van der Waals surface area contributed by atoms with Gasteiger partial charge in [-0.05, 0) is 70.7 Å². The summed E-state index contributed by atoms with van der Waals surface area (Å²) in [4.78, 5) is 19.6. The fourth-order valence-corrected chi connectivity index (χ4v) is 8.84. The molecule has 48 heavy (non-hydrogen) atoms. The number of alkyl carbamates (subject to hydrolysis) is 1. The lowest BCUT2D eigenvalue weighted by Gasteiger charge is -2.43. The van der Waals surface area contributed by atoms with Crippen molar-refractivity contribution in [2.75, 3.05) is 42.5 Å². The first-order chi connectivity index (χ1) is 22.8. The second-order valence-corrected chi connectivity index (χ2v) is 16.7. The van der Waals surface area contributed by atoms with Crippen LogP contribution < -0.4 is 15.1 Å². The van der Waals surface area contributed by atoms with Crippen molar-refractivity contribution in [2.45, 2.75) is 87.4 Å². The number of anilines is 2. The molecule has 13 heteroatoms. The van der Waals surface area contributed by atoms with Crippen LogP contribution in [0.1, 0.15) is 51.3 Å². The number of amides is 1. The monoisotopic (exact) mass is 693 g/mol. The van der Waals surface area contributed by atoms with Crippen LogP contribution in [0.15, 0.2) is 59.5 Å². The third kappa shape index (κ3) is 7.28. The summed E-state index contributed by atoms with van der Waals surface area (Å²) in [5, 5.41) is 16.1. The fraction of sp³-hybridized carbons (Fsp3) is 0.514. The van der Waals surface area contributed by atoms with Crippen molar-refractivity contribution < 1.29 is 17.9 Å². The number of rotatable bonds is 9. The number of carbonyl (C=O) groups is 1. The number of carbonyl (C=O) groups excluding carboxylic acids is 1. The second kappa shape index (κ2) is 13.3. The summed E-state index contributed by atoms with van der Waals surface area (Å²) in [6, 6.07) is 19.2. The number of benzene rings is 2. The van der Waals surface area contributed by atoms with Crippen molar-refractivity contribution in [1.29, 1.82) is 5.26 Å². The molecule has 3 heterocycles. The van der Waals surface area contributed by atoms with Crippen LogP contribution in [0.3, 0.4) is 0 Å². The Morgan fingerprint density at radius 2 is 1.81 bits per heavy atom. The summed E-state index contributed by atoms with van der Waals surface area (Å²) in [7, 11) is -3.94. The molecular formula is C35H44ClN7O4S. The lowest BCUT2D eigenvalue weighted by molar-refractivity contribution is 0.0995. The largest absolute Gasteiger partial charge is 0.425 e. The van der Waals surface area contributed by atoms with Crippen molar-refractivity contribution in [3.8, 4) is 6.07 Å². The van der Waals surface area contributed by atoms with E-state index in [4.69, 9.17) is 21.4 Å². The minimum absolute atomic E-state index is 0.0328. The Morgan fingerprint density at radius 1 is 1.10 bits per heavy atom. The highest BCUT2D eigenvalue weighted by molar-refractivity contribution is 7.92. The average molecular weight is 694 g/mol. The van der Waals surface area contributed by atoms with Gasteiger partial charge in [-0.15, -0.1) is 0 Å². The van der Waals surface area contributed by atoms with Gasteiger partial charge in [0.25, 0.3) is 0 Å². The molecule has 0 spiro atoms. The van der Waals surface area contributed by atoms with Crippen molar-refractivity contribution in [3.05, 3.63) is 70.9 Å². The molecule has 1 aromatic heterocycles. The van der Waals surface area contributed by atoms with Gasteiger partial charge < -0.3 is 19.9 Å². The minimum atomic E-state index is -3.94. The van der Waals surface area contributed by atoms with Gasteiger partial charge in [0, 0.05) is 63.0 Å². The van der Waals surface area contributed by atoms with Gasteiger partial charge in [0.2, 0.25) is 0 Å². The van der Waals surface area contributed by atoms with Crippen molar-refractivity contribution in [3.63, 3.8) is 0 Å². The van der Waals surface area contributed by atoms with Gasteiger partial charge in [0.1, 0.15) is 11.4 Å². The van der Waals surface area contributed by atoms with Gasteiger partial charge in [-0.1, -0.05) is 41.9 Å². The molecule has 2 saturated heterocycles. The van der Waals surface area contributed by atoms with Crippen LogP contribution in [-0.2, 0) is 27.5 Å². The molecule has 2 aromatic carbocycles. The molecule has 3 aliphatic rings. The number of piperazine rings is 1. The number of hydrogen-bond acceptors (Lipinski definition) is 9. The summed E-state index contributed by atoms with van der Waals surface area (Å²) in [6.45, 7) is 12.6. The topological polar surface area (TPSA) is 124 Å². The Balaban J connectivity index is 1.23. The number of halogens is 1. The van der Waals surface area contributed by atoms with Gasteiger partial charge >= 0.3 is 6.09 Å². The van der Waals surface area contributed by atoms with Gasteiger partial charge in [-0.25, -0.2) is 17.9 Å². The maximum absolute atomic E-state index is 14.2. The zero-order chi connectivity index (χ0) is 34.3. The van der Waals surface area contributed by atoms with E-state index in [1.807, 2.05) is 41.9 Å². The van der Waals surface area contributed by atoms with Crippen LogP contribution in [0.2, 0.25) is 5.02 Å². The third-order valence-corrected chi connectivity index (χ3v) is 12.3. The van der Waals surface area contributed by atoms with Gasteiger partial charge in [0.15, 0.2) is 16.1 Å². The standard InChI is InChI=1S/C35H44ClN7O4S/c1-25-20-31(43(39-25)15-12-26-8-6-5-7-9-26)42-23-28(22-32(42)47-33(44)38-35(24-37)13-14-35)48(45,46)30-11-10-27(21-29(30)36)40-16-18-41(19-17-40)34(2,3)4/h5-11,20-21,28,32H,12-19,22-23H2,1-4H3,(H,38,44)/t28-,32+/m1/s1. The first kappa shape index (κ1) is 34.1. The highest BCUT2D eigenvalue weighted by Gasteiger charge is 2.48. The maximum atomic E-state index is 14.2. The van der Waals surface area contributed by atoms with Crippen LogP contribution in [-0.4, -0.2) is 84.5 Å². The van der Waals surface area contributed by atoms with Crippen LogP contribution in [0.5, 0.6) is 0 Å². The molecule has 3 aromatic rings. The van der Waals surface area contributed by atoms with Crippen LogP contribution in [0.25, 0.3) is 0 Å². The van der Waals surface area contributed by atoms with Crippen LogP contribution in [0.4, 0.5) is 16.3 Å². The van der Waals surface area contributed by atoms with Gasteiger partial charge in [-0.2, -0.15) is 10.4 Å². The molecule has 256 valence electrons. The van der Waals surface area contributed by atoms with Gasteiger partial charge in [0.05, 0.1) is 26.9 Å². The third-order valence-electron chi connectivity index (χ3n) is 9.65. The number of aromatic nitrogens is 2. The van der Waals surface area contributed by atoms with Crippen LogP contribution >= 0.6 is 11.6 Å².